The highest BCUT2D eigenvalue weighted by Crippen LogP contribution is 2.03. The van der Waals surface area contributed by atoms with Crippen LogP contribution in [0.25, 0.3) is 0 Å². The van der Waals surface area contributed by atoms with Gasteiger partial charge in [-0.2, -0.15) is 0 Å². The van der Waals surface area contributed by atoms with Gasteiger partial charge >= 0.3 is 0 Å². The average molecular weight is 160 g/mol. The van der Waals surface area contributed by atoms with E-state index in [0.29, 0.717) is 11.6 Å². The van der Waals surface area contributed by atoms with Crippen LogP contribution in [0.5, 0.6) is 0 Å². The van der Waals surface area contributed by atoms with Crippen LogP contribution in [0.1, 0.15) is 11.3 Å². The summed E-state index contributed by atoms with van der Waals surface area (Å²) in [6, 6.07) is 3.41. The molecule has 1 heterocycles. The number of hydrogen-bond donors (Lipinski definition) is 0. The lowest BCUT2D eigenvalue weighted by molar-refractivity contribution is 0.476. The summed E-state index contributed by atoms with van der Waals surface area (Å²) in [7, 11) is 0. The summed E-state index contributed by atoms with van der Waals surface area (Å²) in [5.74, 6) is 0.430. The molecule has 3 heteroatoms. The van der Waals surface area contributed by atoms with Crippen molar-refractivity contribution < 1.29 is 4.39 Å². The molecule has 54 valence electrons. The van der Waals surface area contributed by atoms with E-state index in [1.807, 2.05) is 0 Å². The molecule has 1 nitrogen and oxygen atoms in total. The van der Waals surface area contributed by atoms with Gasteiger partial charge in [-0.1, -0.05) is 6.07 Å². The van der Waals surface area contributed by atoms with Crippen molar-refractivity contribution in [3.63, 3.8) is 0 Å². The molecule has 1 aromatic rings. The topological polar surface area (TPSA) is 12.9 Å². The van der Waals surface area contributed by atoms with Crippen LogP contribution in [0.3, 0.4) is 0 Å². The number of hydrogen-bond acceptors (Lipinski definition) is 1. The lowest BCUT2D eigenvalue weighted by Gasteiger charge is -1.94. The van der Waals surface area contributed by atoms with Crippen LogP contribution < -0.4 is 0 Å². The number of alkyl halides is 2. The highest BCUT2D eigenvalue weighted by molar-refractivity contribution is 6.17. The van der Waals surface area contributed by atoms with E-state index in [2.05, 4.69) is 4.98 Å². The van der Waals surface area contributed by atoms with Gasteiger partial charge in [-0.3, -0.25) is 4.98 Å². The fourth-order valence-corrected chi connectivity index (χ4v) is 0.771. The molecule has 1 rings (SSSR count). The average Bonchev–Trinajstić information content (AvgIpc) is 2.05. The van der Waals surface area contributed by atoms with Crippen LogP contribution in [-0.4, -0.2) is 4.98 Å². The molecule has 0 aliphatic heterocycles. The van der Waals surface area contributed by atoms with E-state index in [0.717, 1.165) is 5.56 Å². The van der Waals surface area contributed by atoms with Gasteiger partial charge in [-0.05, 0) is 11.6 Å². The summed E-state index contributed by atoms with van der Waals surface area (Å²) in [5.41, 5.74) is 1.37. The van der Waals surface area contributed by atoms with Gasteiger partial charge in [0.15, 0.2) is 0 Å². The Hall–Kier alpha value is -0.630. The first-order valence-electron chi connectivity index (χ1n) is 2.92. The summed E-state index contributed by atoms with van der Waals surface area (Å²) >= 11 is 5.49. The molecular weight excluding hydrogens is 153 g/mol. The Balaban J connectivity index is 2.80. The van der Waals surface area contributed by atoms with Gasteiger partial charge in [0.2, 0.25) is 0 Å². The van der Waals surface area contributed by atoms with Crippen molar-refractivity contribution in [3.05, 3.63) is 29.6 Å². The molecule has 0 saturated heterocycles. The number of aromatic nitrogens is 1. The Morgan fingerprint density at radius 3 is 2.70 bits per heavy atom. The number of rotatable bonds is 2. The van der Waals surface area contributed by atoms with Crippen molar-refractivity contribution in [1.29, 1.82) is 0 Å². The van der Waals surface area contributed by atoms with Crippen LogP contribution in [0, 0.1) is 0 Å². The van der Waals surface area contributed by atoms with E-state index in [1.54, 1.807) is 18.3 Å². The fraction of sp³-hybridized carbons (Fsp3) is 0.286. The first-order valence-corrected chi connectivity index (χ1v) is 3.46. The highest BCUT2D eigenvalue weighted by atomic mass is 35.5. The molecule has 0 amide bonds. The third-order valence-corrected chi connectivity index (χ3v) is 1.49. The zero-order valence-corrected chi connectivity index (χ0v) is 6.11. The van der Waals surface area contributed by atoms with Gasteiger partial charge in [0.25, 0.3) is 0 Å². The van der Waals surface area contributed by atoms with Crippen molar-refractivity contribution in [1.82, 2.24) is 4.98 Å². The molecule has 0 radical (unpaired) electrons. The third kappa shape index (κ3) is 1.67. The quantitative estimate of drug-likeness (QED) is 0.604. The van der Waals surface area contributed by atoms with Crippen molar-refractivity contribution >= 4 is 11.6 Å². The summed E-state index contributed by atoms with van der Waals surface area (Å²) < 4.78 is 11.9. The minimum Gasteiger partial charge on any atom is -0.258 e. The van der Waals surface area contributed by atoms with Gasteiger partial charge in [0, 0.05) is 12.1 Å². The summed E-state index contributed by atoms with van der Waals surface area (Å²) in [6.07, 6.45) is 1.59. The van der Waals surface area contributed by atoms with Crippen LogP contribution in [0.2, 0.25) is 0 Å². The predicted octanol–water partition coefficient (Wildman–Crippen LogP) is 2.29. The molecular formula is C7H7ClFN. The minimum atomic E-state index is -0.511. The molecule has 0 aliphatic rings. The number of halogens is 2. The van der Waals surface area contributed by atoms with Gasteiger partial charge in [0.1, 0.15) is 6.67 Å². The van der Waals surface area contributed by atoms with E-state index in [-0.39, 0.29) is 0 Å². The van der Waals surface area contributed by atoms with Gasteiger partial charge in [0.05, 0.1) is 5.69 Å². The van der Waals surface area contributed by atoms with Gasteiger partial charge < -0.3 is 0 Å². The Morgan fingerprint density at radius 1 is 1.50 bits per heavy atom. The van der Waals surface area contributed by atoms with Gasteiger partial charge in [-0.15, -0.1) is 11.6 Å². The van der Waals surface area contributed by atoms with E-state index < -0.39 is 6.67 Å². The molecule has 1 aromatic heterocycles. The zero-order chi connectivity index (χ0) is 7.40. The highest BCUT2D eigenvalue weighted by Gasteiger charge is 1.92. The molecule has 10 heavy (non-hydrogen) atoms. The largest absolute Gasteiger partial charge is 0.258 e. The van der Waals surface area contributed by atoms with Crippen LogP contribution in [-0.2, 0) is 12.6 Å². The Bertz CT molecular complexity index is 174. The summed E-state index contributed by atoms with van der Waals surface area (Å²) in [5, 5.41) is 0. The minimum absolute atomic E-state index is 0.430. The fourth-order valence-electron chi connectivity index (χ4n) is 0.613. The molecule has 0 fully saturated rings. The Morgan fingerprint density at radius 2 is 2.30 bits per heavy atom. The first-order chi connectivity index (χ1) is 4.86. The maximum absolute atomic E-state index is 11.9. The van der Waals surface area contributed by atoms with E-state index >= 15 is 0 Å². The summed E-state index contributed by atoms with van der Waals surface area (Å²) in [4.78, 5) is 3.81. The smallest absolute Gasteiger partial charge is 0.131 e. The molecule has 0 aromatic carbocycles. The second kappa shape index (κ2) is 3.52. The standard InChI is InChI=1S/C7H7ClFN/c8-3-6-1-2-7(4-9)10-5-6/h1-2,5H,3-4H2. The lowest BCUT2D eigenvalue weighted by Crippen LogP contribution is -1.86. The molecule has 0 N–H and O–H groups in total. The Kier molecular flexibility index (Phi) is 2.63. The SMILES string of the molecule is FCc1ccc(CCl)cn1. The van der Waals surface area contributed by atoms with Crippen LogP contribution in [0.15, 0.2) is 18.3 Å². The predicted molar refractivity (Wildman–Crippen MR) is 38.6 cm³/mol. The zero-order valence-electron chi connectivity index (χ0n) is 5.35. The molecule has 0 atom stereocenters. The number of pyridine rings is 1. The monoisotopic (exact) mass is 159 g/mol. The maximum Gasteiger partial charge on any atom is 0.131 e. The normalized spacial score (nSPS) is 9.80. The lowest BCUT2D eigenvalue weighted by atomic mass is 10.3. The number of nitrogens with zero attached hydrogens (tertiary/aromatic N) is 1. The van der Waals surface area contributed by atoms with E-state index in [9.17, 15) is 4.39 Å². The van der Waals surface area contributed by atoms with Crippen LogP contribution in [0.4, 0.5) is 4.39 Å². The molecule has 0 aliphatic carbocycles. The van der Waals surface area contributed by atoms with Gasteiger partial charge in [-0.25, -0.2) is 4.39 Å². The molecule has 0 bridgehead atoms. The van der Waals surface area contributed by atoms with Crippen molar-refractivity contribution in [2.45, 2.75) is 12.6 Å². The van der Waals surface area contributed by atoms with E-state index in [4.69, 9.17) is 11.6 Å². The Labute approximate surface area is 63.8 Å². The second-order valence-corrected chi connectivity index (χ2v) is 2.19. The van der Waals surface area contributed by atoms with Crippen LogP contribution >= 0.6 is 11.6 Å². The van der Waals surface area contributed by atoms with Crippen molar-refractivity contribution in [3.8, 4) is 0 Å². The van der Waals surface area contributed by atoms with E-state index in [1.165, 1.54) is 0 Å². The maximum atomic E-state index is 11.9. The molecule has 0 unspecified atom stereocenters. The third-order valence-electron chi connectivity index (χ3n) is 1.18. The van der Waals surface area contributed by atoms with Crippen molar-refractivity contribution in [2.24, 2.45) is 0 Å². The summed E-state index contributed by atoms with van der Waals surface area (Å²) in [6.45, 7) is -0.511. The van der Waals surface area contributed by atoms with Crippen molar-refractivity contribution in [2.75, 3.05) is 0 Å². The molecule has 0 saturated carbocycles. The first kappa shape index (κ1) is 7.48. The molecule has 0 spiro atoms. The second-order valence-electron chi connectivity index (χ2n) is 1.93.